The number of carbonyl (C=O) groups excluding carboxylic acids is 1. The number of aryl methyl sites for hydroxylation is 1. The van der Waals surface area contributed by atoms with Crippen molar-refractivity contribution in [3.05, 3.63) is 34.6 Å². The zero-order valence-corrected chi connectivity index (χ0v) is 14.1. The maximum Gasteiger partial charge on any atom is 0.338 e. The van der Waals surface area contributed by atoms with Crippen molar-refractivity contribution in [2.75, 3.05) is 7.11 Å². The van der Waals surface area contributed by atoms with Gasteiger partial charge >= 0.3 is 5.97 Å². The predicted octanol–water partition coefficient (Wildman–Crippen LogP) is 3.03. The van der Waals surface area contributed by atoms with Crippen LogP contribution in [0.4, 0.5) is 4.39 Å². The van der Waals surface area contributed by atoms with Crippen LogP contribution in [0.15, 0.2) is 12.1 Å². The number of halogens is 1. The number of rotatable bonds is 4. The van der Waals surface area contributed by atoms with Gasteiger partial charge in [-0.3, -0.25) is 0 Å². The number of carbonyl (C=O) groups is 1. The summed E-state index contributed by atoms with van der Waals surface area (Å²) in [6, 6.07) is 2.31. The summed E-state index contributed by atoms with van der Waals surface area (Å²) in [6.07, 6.45) is 0. The van der Waals surface area contributed by atoms with E-state index in [0.717, 1.165) is 6.07 Å². The number of esters is 1. The number of hydrogen-bond donors (Lipinski definition) is 1. The van der Waals surface area contributed by atoms with E-state index in [-0.39, 0.29) is 5.56 Å². The molecule has 0 spiro atoms. The first-order valence-electron chi connectivity index (χ1n) is 6.64. The molecule has 2 atom stereocenters. The van der Waals surface area contributed by atoms with Gasteiger partial charge in [0.15, 0.2) is 0 Å². The van der Waals surface area contributed by atoms with Crippen LogP contribution in [-0.4, -0.2) is 22.4 Å². The summed E-state index contributed by atoms with van der Waals surface area (Å²) in [7, 11) is 1.25. The smallest absolute Gasteiger partial charge is 0.338 e. The molecule has 0 aliphatic carbocycles. The second kappa shape index (κ2) is 6.77. The number of hydrogen-bond acceptors (Lipinski definition) is 4. The van der Waals surface area contributed by atoms with Crippen molar-refractivity contribution in [2.45, 2.75) is 45.4 Å². The van der Waals surface area contributed by atoms with Crippen molar-refractivity contribution in [3.63, 3.8) is 0 Å². The topological polar surface area (TPSA) is 61.4 Å². The van der Waals surface area contributed by atoms with Gasteiger partial charge in [0.25, 0.3) is 0 Å². The highest BCUT2D eigenvalue weighted by atomic mass is 32.2. The molecule has 0 fully saturated rings. The summed E-state index contributed by atoms with van der Waals surface area (Å²) in [5.41, 5.74) is 1.19. The third-order valence-corrected chi connectivity index (χ3v) is 4.74. The van der Waals surface area contributed by atoms with Crippen molar-refractivity contribution < 1.29 is 18.5 Å². The highest BCUT2D eigenvalue weighted by Gasteiger charge is 2.29. The zero-order chi connectivity index (χ0) is 16.4. The van der Waals surface area contributed by atoms with Gasteiger partial charge in [-0.2, -0.15) is 0 Å². The third kappa shape index (κ3) is 4.43. The van der Waals surface area contributed by atoms with Crippen LogP contribution in [0, 0.1) is 12.7 Å². The van der Waals surface area contributed by atoms with E-state index in [9.17, 15) is 13.7 Å². The van der Waals surface area contributed by atoms with Crippen molar-refractivity contribution in [1.82, 2.24) is 4.72 Å². The summed E-state index contributed by atoms with van der Waals surface area (Å²) in [5, 5.41) is 0. The lowest BCUT2D eigenvalue weighted by Gasteiger charge is -2.27. The number of benzene rings is 1. The van der Waals surface area contributed by atoms with E-state index in [1.807, 2.05) is 20.8 Å². The van der Waals surface area contributed by atoms with Gasteiger partial charge in [-0.15, -0.1) is 4.72 Å². The van der Waals surface area contributed by atoms with E-state index in [0.29, 0.717) is 11.1 Å². The quantitative estimate of drug-likeness (QED) is 0.685. The summed E-state index contributed by atoms with van der Waals surface area (Å²) < 4.78 is 33.3. The fourth-order valence-corrected chi connectivity index (χ4v) is 2.57. The molecule has 0 saturated heterocycles. The number of ether oxygens (including phenoxy) is 1. The van der Waals surface area contributed by atoms with E-state index in [4.69, 9.17) is 0 Å². The average molecular weight is 315 g/mol. The Kier molecular flexibility index (Phi) is 5.78. The van der Waals surface area contributed by atoms with Gasteiger partial charge in [-0.05, 0) is 46.2 Å². The highest BCUT2D eigenvalue weighted by Crippen LogP contribution is 2.24. The molecule has 0 heterocycles. The molecule has 2 unspecified atom stereocenters. The largest absolute Gasteiger partial charge is 0.598 e. The Bertz CT molecular complexity index is 528. The van der Waals surface area contributed by atoms with Crippen LogP contribution in [0.5, 0.6) is 0 Å². The predicted molar refractivity (Wildman–Crippen MR) is 81.9 cm³/mol. The molecule has 118 valence electrons. The van der Waals surface area contributed by atoms with Gasteiger partial charge in [0, 0.05) is 16.9 Å². The zero-order valence-electron chi connectivity index (χ0n) is 13.2. The van der Waals surface area contributed by atoms with E-state index >= 15 is 0 Å². The lowest BCUT2D eigenvalue weighted by Crippen LogP contribution is -2.40. The van der Waals surface area contributed by atoms with E-state index < -0.39 is 33.9 Å². The molecule has 21 heavy (non-hydrogen) atoms. The molecule has 0 aromatic heterocycles. The van der Waals surface area contributed by atoms with Crippen LogP contribution >= 0.6 is 0 Å². The monoisotopic (exact) mass is 315 g/mol. The fourth-order valence-electron chi connectivity index (χ4n) is 1.77. The Labute approximate surface area is 128 Å². The number of methoxy groups -OCH3 is 1. The van der Waals surface area contributed by atoms with Crippen LogP contribution < -0.4 is 4.72 Å². The maximum atomic E-state index is 14.2. The van der Waals surface area contributed by atoms with Gasteiger partial charge in [0.2, 0.25) is 0 Å². The molecular formula is C15H22FNO3S. The average Bonchev–Trinajstić information content (AvgIpc) is 2.38. The molecule has 0 amide bonds. The first kappa shape index (κ1) is 17.9. The summed E-state index contributed by atoms with van der Waals surface area (Å²) in [4.78, 5) is 11.5. The number of nitrogens with one attached hydrogen (secondary N) is 1. The molecule has 0 aliphatic heterocycles. The normalized spacial score (nSPS) is 14.7. The highest BCUT2D eigenvalue weighted by molar-refractivity contribution is 7.90. The molecule has 0 radical (unpaired) electrons. The van der Waals surface area contributed by atoms with Crippen LogP contribution in [0.25, 0.3) is 0 Å². The third-order valence-electron chi connectivity index (χ3n) is 3.06. The molecular weight excluding hydrogens is 293 g/mol. The van der Waals surface area contributed by atoms with Crippen molar-refractivity contribution in [2.24, 2.45) is 0 Å². The molecule has 1 aromatic carbocycles. The fraction of sp³-hybridized carbons (Fsp3) is 0.533. The van der Waals surface area contributed by atoms with Crippen LogP contribution in [0.1, 0.15) is 55.2 Å². The van der Waals surface area contributed by atoms with Gasteiger partial charge < -0.3 is 9.29 Å². The SMILES string of the molecule is COC(=O)c1cc(F)c(C(C)N[S+]([O-])C(C)(C)C)cc1C. The maximum absolute atomic E-state index is 14.2. The van der Waals surface area contributed by atoms with Gasteiger partial charge in [0.05, 0.1) is 18.7 Å². The molecule has 1 rings (SSSR count). The Hall–Kier alpha value is -1.11. The van der Waals surface area contributed by atoms with Gasteiger partial charge in [0.1, 0.15) is 10.6 Å². The van der Waals surface area contributed by atoms with Crippen molar-refractivity contribution in [3.8, 4) is 0 Å². The second-order valence-electron chi connectivity index (χ2n) is 5.90. The Morgan fingerprint density at radius 3 is 2.48 bits per heavy atom. The lowest BCUT2D eigenvalue weighted by atomic mass is 10.0. The van der Waals surface area contributed by atoms with Crippen molar-refractivity contribution >= 4 is 17.3 Å². The molecule has 0 bridgehead atoms. The minimum atomic E-state index is -1.31. The van der Waals surface area contributed by atoms with Crippen LogP contribution in [0.3, 0.4) is 0 Å². The summed E-state index contributed by atoms with van der Waals surface area (Å²) in [5.74, 6) is -1.09. The first-order valence-corrected chi connectivity index (χ1v) is 7.79. The standard InChI is InChI=1S/C15H22FNO3S/c1-9-7-12(10(2)17-21(19)15(3,4)5)13(16)8-11(9)14(18)20-6/h7-8,10,17H,1-6H3. The molecule has 1 aromatic rings. The minimum Gasteiger partial charge on any atom is -0.598 e. The molecule has 6 heteroatoms. The Balaban J connectivity index is 3.04. The van der Waals surface area contributed by atoms with Crippen LogP contribution in [-0.2, 0) is 16.1 Å². The molecule has 0 saturated carbocycles. The molecule has 0 aliphatic rings. The van der Waals surface area contributed by atoms with E-state index in [2.05, 4.69) is 9.46 Å². The summed E-state index contributed by atoms with van der Waals surface area (Å²) >= 11 is -1.31. The molecule has 4 nitrogen and oxygen atoms in total. The van der Waals surface area contributed by atoms with Gasteiger partial charge in [-0.25, -0.2) is 9.18 Å². The van der Waals surface area contributed by atoms with E-state index in [1.165, 1.54) is 7.11 Å². The lowest BCUT2D eigenvalue weighted by molar-refractivity contribution is 0.0599. The molecule has 1 N–H and O–H groups in total. The Morgan fingerprint density at radius 1 is 1.43 bits per heavy atom. The minimum absolute atomic E-state index is 0.197. The van der Waals surface area contributed by atoms with Crippen LogP contribution in [0.2, 0.25) is 0 Å². The van der Waals surface area contributed by atoms with Crippen molar-refractivity contribution in [1.29, 1.82) is 0 Å². The Morgan fingerprint density at radius 2 is 2.00 bits per heavy atom. The second-order valence-corrected chi connectivity index (χ2v) is 7.90. The summed E-state index contributed by atoms with van der Waals surface area (Å²) in [6.45, 7) is 8.96. The van der Waals surface area contributed by atoms with E-state index in [1.54, 1.807) is 19.9 Å². The van der Waals surface area contributed by atoms with Gasteiger partial charge in [-0.1, -0.05) is 6.07 Å². The first-order chi connectivity index (χ1) is 9.57.